The summed E-state index contributed by atoms with van der Waals surface area (Å²) in [5, 5.41) is 11.5. The van der Waals surface area contributed by atoms with Crippen LogP contribution in [0.5, 0.6) is 0 Å². The third-order valence-electron chi connectivity index (χ3n) is 3.99. The van der Waals surface area contributed by atoms with Crippen LogP contribution in [0.25, 0.3) is 0 Å². The molecule has 0 bridgehead atoms. The normalized spacial score (nSPS) is 11.2. The van der Waals surface area contributed by atoms with Gasteiger partial charge in [-0.05, 0) is 35.9 Å². The van der Waals surface area contributed by atoms with E-state index in [-0.39, 0.29) is 12.5 Å². The number of hydrogen-bond acceptors (Lipinski definition) is 7. The van der Waals surface area contributed by atoms with Crippen molar-refractivity contribution in [2.75, 3.05) is 21.6 Å². The van der Waals surface area contributed by atoms with E-state index in [9.17, 15) is 13.2 Å². The molecule has 1 amide bonds. The standard InChI is InChI=1S/C20H19ClN4O3S3/c1-3-11-29-20-24-23-19(30-20)22-18(26)15-9-7-14(8-10-15)13-25(31(2,27)28)17-6-4-5-16(21)12-17/h3-10,12H,1,11,13H2,2H3,(H,22,23,26). The Morgan fingerprint density at radius 2 is 2.00 bits per heavy atom. The number of carbonyl (C=O) groups is 1. The van der Waals surface area contributed by atoms with E-state index in [1.54, 1.807) is 54.6 Å². The zero-order valence-corrected chi connectivity index (χ0v) is 19.7. The van der Waals surface area contributed by atoms with E-state index in [1.165, 1.54) is 27.4 Å². The largest absolute Gasteiger partial charge is 0.296 e. The highest BCUT2D eigenvalue weighted by molar-refractivity contribution is 8.01. The highest BCUT2D eigenvalue weighted by atomic mass is 35.5. The SMILES string of the molecule is C=CCSc1nnc(NC(=O)c2ccc(CN(c3cccc(Cl)c3)S(C)(=O)=O)cc2)s1. The van der Waals surface area contributed by atoms with Gasteiger partial charge in [-0.1, -0.05) is 59.0 Å². The molecule has 31 heavy (non-hydrogen) atoms. The molecule has 1 N–H and O–H groups in total. The Labute approximate surface area is 194 Å². The van der Waals surface area contributed by atoms with Crippen LogP contribution in [0, 0.1) is 0 Å². The molecule has 1 heterocycles. The van der Waals surface area contributed by atoms with Gasteiger partial charge in [0.05, 0.1) is 18.5 Å². The minimum absolute atomic E-state index is 0.112. The second-order valence-corrected chi connectivity index (χ2v) is 11.0. The number of sulfonamides is 1. The van der Waals surface area contributed by atoms with Crippen LogP contribution in [0.1, 0.15) is 15.9 Å². The van der Waals surface area contributed by atoms with Gasteiger partial charge in [-0.25, -0.2) is 8.42 Å². The van der Waals surface area contributed by atoms with E-state index < -0.39 is 10.0 Å². The van der Waals surface area contributed by atoms with Crippen molar-refractivity contribution in [3.8, 4) is 0 Å². The van der Waals surface area contributed by atoms with Gasteiger partial charge in [0, 0.05) is 16.3 Å². The molecule has 0 saturated heterocycles. The zero-order chi connectivity index (χ0) is 22.4. The van der Waals surface area contributed by atoms with Gasteiger partial charge >= 0.3 is 0 Å². The maximum atomic E-state index is 12.5. The van der Waals surface area contributed by atoms with Gasteiger partial charge in [0.2, 0.25) is 15.2 Å². The molecular formula is C20H19ClN4O3S3. The fraction of sp³-hybridized carbons (Fsp3) is 0.150. The summed E-state index contributed by atoms with van der Waals surface area (Å²) in [5.41, 5.74) is 1.62. The molecular weight excluding hydrogens is 476 g/mol. The first-order chi connectivity index (χ1) is 14.8. The summed E-state index contributed by atoms with van der Waals surface area (Å²) in [5.74, 6) is 0.391. The average Bonchev–Trinajstić information content (AvgIpc) is 3.17. The van der Waals surface area contributed by atoms with Crippen LogP contribution in [-0.2, 0) is 16.6 Å². The maximum absolute atomic E-state index is 12.5. The van der Waals surface area contributed by atoms with Crippen molar-refractivity contribution < 1.29 is 13.2 Å². The van der Waals surface area contributed by atoms with Crippen molar-refractivity contribution in [3.05, 3.63) is 77.3 Å². The van der Waals surface area contributed by atoms with Gasteiger partial charge in [0.1, 0.15) is 0 Å². The van der Waals surface area contributed by atoms with Crippen molar-refractivity contribution >= 4 is 61.4 Å². The minimum atomic E-state index is -3.53. The van der Waals surface area contributed by atoms with Crippen LogP contribution < -0.4 is 9.62 Å². The maximum Gasteiger partial charge on any atom is 0.257 e. The first-order valence-electron chi connectivity index (χ1n) is 8.97. The Hall–Kier alpha value is -2.40. The second-order valence-electron chi connectivity index (χ2n) is 6.37. The number of benzene rings is 2. The van der Waals surface area contributed by atoms with Crippen molar-refractivity contribution in [2.45, 2.75) is 10.9 Å². The Balaban J connectivity index is 1.70. The number of aromatic nitrogens is 2. The van der Waals surface area contributed by atoms with Gasteiger partial charge in [0.25, 0.3) is 5.91 Å². The van der Waals surface area contributed by atoms with Gasteiger partial charge in [-0.15, -0.1) is 16.8 Å². The Bertz CT molecular complexity index is 1180. The van der Waals surface area contributed by atoms with E-state index in [2.05, 4.69) is 22.1 Å². The van der Waals surface area contributed by atoms with E-state index in [0.29, 0.717) is 27.2 Å². The summed E-state index contributed by atoms with van der Waals surface area (Å²) in [7, 11) is -3.53. The lowest BCUT2D eigenvalue weighted by molar-refractivity contribution is 0.102. The highest BCUT2D eigenvalue weighted by Gasteiger charge is 2.18. The molecule has 3 rings (SSSR count). The molecule has 0 unspecified atom stereocenters. The number of anilines is 2. The lowest BCUT2D eigenvalue weighted by Gasteiger charge is -2.22. The molecule has 0 aliphatic heterocycles. The second kappa shape index (κ2) is 10.3. The van der Waals surface area contributed by atoms with Crippen LogP contribution >= 0.6 is 34.7 Å². The minimum Gasteiger partial charge on any atom is -0.296 e. The Morgan fingerprint density at radius 3 is 2.65 bits per heavy atom. The molecule has 0 fully saturated rings. The Kier molecular flexibility index (Phi) is 7.71. The summed E-state index contributed by atoms with van der Waals surface area (Å²) >= 11 is 8.78. The number of nitrogens with one attached hydrogen (secondary N) is 1. The average molecular weight is 495 g/mol. The molecule has 0 aliphatic rings. The van der Waals surface area contributed by atoms with Crippen LogP contribution in [-0.4, -0.2) is 36.5 Å². The van der Waals surface area contributed by atoms with Gasteiger partial charge in [-0.3, -0.25) is 14.4 Å². The van der Waals surface area contributed by atoms with E-state index in [1.807, 2.05) is 0 Å². The van der Waals surface area contributed by atoms with Crippen LogP contribution in [0.2, 0.25) is 5.02 Å². The van der Waals surface area contributed by atoms with Gasteiger partial charge in [-0.2, -0.15) is 0 Å². The first kappa shape index (κ1) is 23.3. The monoisotopic (exact) mass is 494 g/mol. The third kappa shape index (κ3) is 6.54. The lowest BCUT2D eigenvalue weighted by Crippen LogP contribution is -2.29. The number of halogens is 1. The quantitative estimate of drug-likeness (QED) is 0.263. The zero-order valence-electron chi connectivity index (χ0n) is 16.5. The molecule has 7 nitrogen and oxygen atoms in total. The molecule has 0 aliphatic carbocycles. The summed E-state index contributed by atoms with van der Waals surface area (Å²) in [6.07, 6.45) is 2.91. The van der Waals surface area contributed by atoms with Crippen LogP contribution in [0.4, 0.5) is 10.8 Å². The molecule has 11 heteroatoms. The van der Waals surface area contributed by atoms with Crippen molar-refractivity contribution in [1.82, 2.24) is 10.2 Å². The summed E-state index contributed by atoms with van der Waals surface area (Å²) in [6, 6.07) is 13.3. The summed E-state index contributed by atoms with van der Waals surface area (Å²) < 4.78 is 26.6. The lowest BCUT2D eigenvalue weighted by atomic mass is 10.1. The van der Waals surface area contributed by atoms with Crippen molar-refractivity contribution in [1.29, 1.82) is 0 Å². The predicted molar refractivity (Wildman–Crippen MR) is 128 cm³/mol. The Morgan fingerprint density at radius 1 is 1.26 bits per heavy atom. The third-order valence-corrected chi connectivity index (χ3v) is 7.33. The molecule has 3 aromatic rings. The van der Waals surface area contributed by atoms with Crippen LogP contribution in [0.3, 0.4) is 0 Å². The van der Waals surface area contributed by atoms with Gasteiger partial charge < -0.3 is 0 Å². The smallest absolute Gasteiger partial charge is 0.257 e. The van der Waals surface area contributed by atoms with Crippen LogP contribution in [0.15, 0.2) is 65.5 Å². The molecule has 0 saturated carbocycles. The topological polar surface area (TPSA) is 92.3 Å². The highest BCUT2D eigenvalue weighted by Crippen LogP contribution is 2.26. The van der Waals surface area contributed by atoms with E-state index in [0.717, 1.165) is 16.2 Å². The fourth-order valence-corrected chi connectivity index (χ4v) is 5.15. The predicted octanol–water partition coefficient (Wildman–Crippen LogP) is 4.69. The van der Waals surface area contributed by atoms with Gasteiger partial charge in [0.15, 0.2) is 4.34 Å². The number of carbonyl (C=O) groups excluding carboxylic acids is 1. The van der Waals surface area contributed by atoms with E-state index in [4.69, 9.17) is 11.6 Å². The van der Waals surface area contributed by atoms with Crippen molar-refractivity contribution in [2.24, 2.45) is 0 Å². The number of nitrogens with zero attached hydrogens (tertiary/aromatic N) is 3. The number of amides is 1. The first-order valence-corrected chi connectivity index (χ1v) is 13.0. The molecule has 1 aromatic heterocycles. The number of rotatable bonds is 9. The van der Waals surface area contributed by atoms with Crippen molar-refractivity contribution in [3.63, 3.8) is 0 Å². The summed E-state index contributed by atoms with van der Waals surface area (Å²) in [4.78, 5) is 12.5. The number of thioether (sulfide) groups is 1. The molecule has 0 atom stereocenters. The van der Waals surface area contributed by atoms with E-state index >= 15 is 0 Å². The summed E-state index contributed by atoms with van der Waals surface area (Å²) in [6.45, 7) is 3.77. The molecule has 162 valence electrons. The fourth-order valence-electron chi connectivity index (χ4n) is 2.58. The molecule has 0 radical (unpaired) electrons. The molecule has 2 aromatic carbocycles. The number of hydrogen-bond donors (Lipinski definition) is 1. The molecule has 0 spiro atoms.